The predicted octanol–water partition coefficient (Wildman–Crippen LogP) is 11.3. The number of aryl methyl sites for hydroxylation is 1. The smallest absolute Gasteiger partial charge is 0.0487 e. The van der Waals surface area contributed by atoms with Crippen LogP contribution in [0.15, 0.2) is 91.0 Å². The summed E-state index contributed by atoms with van der Waals surface area (Å²) in [5.41, 5.74) is 11.4. The first-order valence-electron chi connectivity index (χ1n) is 15.0. The van der Waals surface area contributed by atoms with Crippen molar-refractivity contribution in [3.05, 3.63) is 113 Å². The number of nitrogens with zero attached hydrogens (tertiary/aromatic N) is 2. The van der Waals surface area contributed by atoms with E-state index < -0.39 is 0 Å². The molecule has 0 fully saturated rings. The molecule has 0 bridgehead atoms. The molecule has 41 heavy (non-hydrogen) atoms. The third kappa shape index (κ3) is 5.07. The lowest BCUT2D eigenvalue weighted by Crippen LogP contribution is -2.48. The predicted molar refractivity (Wildman–Crippen MR) is 179 cm³/mol. The summed E-state index contributed by atoms with van der Waals surface area (Å²) in [6.45, 7) is 25.5. The zero-order chi connectivity index (χ0) is 30.0. The molecule has 5 rings (SSSR count). The zero-order valence-electron chi connectivity index (χ0n) is 27.1. The Morgan fingerprint density at radius 1 is 0.585 bits per heavy atom. The van der Waals surface area contributed by atoms with Crippen LogP contribution in [0, 0.1) is 6.92 Å². The maximum absolute atomic E-state index is 2.56. The molecule has 1 heterocycles. The maximum Gasteiger partial charge on any atom is 0.0487 e. The van der Waals surface area contributed by atoms with Crippen LogP contribution in [-0.2, 0) is 16.2 Å². The van der Waals surface area contributed by atoms with Gasteiger partial charge in [0.25, 0.3) is 0 Å². The Kier molecular flexibility index (Phi) is 6.92. The van der Waals surface area contributed by atoms with Crippen molar-refractivity contribution in [2.24, 2.45) is 0 Å². The fourth-order valence-electron chi connectivity index (χ4n) is 6.24. The molecule has 0 saturated carbocycles. The van der Waals surface area contributed by atoms with Crippen molar-refractivity contribution in [2.45, 2.75) is 97.9 Å². The van der Waals surface area contributed by atoms with Crippen LogP contribution in [0.2, 0.25) is 0 Å². The van der Waals surface area contributed by atoms with Crippen LogP contribution in [0.5, 0.6) is 0 Å². The van der Waals surface area contributed by atoms with E-state index >= 15 is 0 Å². The van der Waals surface area contributed by atoms with Crippen LogP contribution >= 0.6 is 0 Å². The fraction of sp³-hybridized carbons (Fsp3) is 0.385. The molecule has 0 radical (unpaired) electrons. The number of benzene rings is 4. The summed E-state index contributed by atoms with van der Waals surface area (Å²) in [7, 11) is 0. The second-order valence-electron chi connectivity index (χ2n) is 15.0. The third-order valence-corrected chi connectivity index (χ3v) is 9.41. The van der Waals surface area contributed by atoms with Crippen molar-refractivity contribution in [3.8, 4) is 0 Å². The molecule has 0 amide bonds. The van der Waals surface area contributed by atoms with E-state index in [1.807, 2.05) is 0 Å². The third-order valence-electron chi connectivity index (χ3n) is 9.41. The lowest BCUT2D eigenvalue weighted by molar-refractivity contribution is 0.330. The summed E-state index contributed by atoms with van der Waals surface area (Å²) in [5.74, 6) is 0. The molecule has 2 nitrogen and oxygen atoms in total. The summed E-state index contributed by atoms with van der Waals surface area (Å²) >= 11 is 0. The molecule has 0 saturated heterocycles. The van der Waals surface area contributed by atoms with Gasteiger partial charge in [-0.15, -0.1) is 0 Å². The van der Waals surface area contributed by atoms with Crippen LogP contribution in [0.4, 0.5) is 28.4 Å². The highest BCUT2D eigenvalue weighted by Gasteiger charge is 2.51. The van der Waals surface area contributed by atoms with Gasteiger partial charge in [-0.2, -0.15) is 0 Å². The van der Waals surface area contributed by atoms with E-state index in [0.717, 1.165) is 0 Å². The van der Waals surface area contributed by atoms with E-state index in [4.69, 9.17) is 0 Å². The zero-order valence-corrected chi connectivity index (χ0v) is 27.1. The topological polar surface area (TPSA) is 6.48 Å². The van der Waals surface area contributed by atoms with Crippen LogP contribution in [0.3, 0.4) is 0 Å². The number of hydrogen-bond donors (Lipinski definition) is 0. The fourth-order valence-corrected chi connectivity index (χ4v) is 6.24. The van der Waals surface area contributed by atoms with Gasteiger partial charge in [0.2, 0.25) is 0 Å². The van der Waals surface area contributed by atoms with Gasteiger partial charge >= 0.3 is 0 Å². The summed E-state index contributed by atoms with van der Waals surface area (Å²) in [4.78, 5) is 5.01. The Bertz CT molecular complexity index is 1520. The number of fused-ring (bicyclic) bond motifs is 1. The van der Waals surface area contributed by atoms with Gasteiger partial charge in [-0.1, -0.05) is 97.9 Å². The minimum atomic E-state index is -0.106. The molecule has 0 spiro atoms. The van der Waals surface area contributed by atoms with E-state index in [2.05, 4.69) is 177 Å². The minimum absolute atomic E-state index is 0.00469. The Morgan fingerprint density at radius 2 is 1.12 bits per heavy atom. The van der Waals surface area contributed by atoms with Crippen molar-refractivity contribution in [3.63, 3.8) is 0 Å². The average Bonchev–Trinajstić information content (AvgIpc) is 3.04. The molecule has 0 aromatic heterocycles. The molecular weight excluding hydrogens is 496 g/mol. The van der Waals surface area contributed by atoms with Crippen molar-refractivity contribution in [1.82, 2.24) is 0 Å². The minimum Gasteiger partial charge on any atom is -0.335 e. The number of anilines is 5. The Hall–Kier alpha value is -3.52. The first-order chi connectivity index (χ1) is 19.0. The highest BCUT2D eigenvalue weighted by atomic mass is 15.2. The standard InChI is InChI=1S/C39H48N2/c1-27-22-32(26-33(23-27)41-35-21-13-12-20-34(35)38(8,9)39(41,10)11)40(30-18-14-16-28(24-30)36(2,3)4)31-19-15-17-29(25-31)37(5,6)7/h12-26H,1-11H3. The highest BCUT2D eigenvalue weighted by Crippen LogP contribution is 2.55. The molecule has 4 aromatic rings. The van der Waals surface area contributed by atoms with Crippen molar-refractivity contribution < 1.29 is 0 Å². The molecule has 4 aromatic carbocycles. The molecule has 0 atom stereocenters. The SMILES string of the molecule is Cc1cc(N(c2cccc(C(C)(C)C)c2)c2cccc(C(C)(C)C)c2)cc(N2c3ccccc3C(C)(C)C2(C)C)c1. The van der Waals surface area contributed by atoms with Gasteiger partial charge in [-0.3, -0.25) is 0 Å². The Morgan fingerprint density at radius 3 is 1.66 bits per heavy atom. The van der Waals surface area contributed by atoms with Gasteiger partial charge in [-0.05, 0) is 102 Å². The Labute approximate surface area is 249 Å². The van der Waals surface area contributed by atoms with Gasteiger partial charge in [0.1, 0.15) is 0 Å². The highest BCUT2D eigenvalue weighted by molar-refractivity contribution is 5.83. The molecule has 0 aliphatic carbocycles. The Balaban J connectivity index is 1.74. The quantitative estimate of drug-likeness (QED) is 0.252. The second-order valence-corrected chi connectivity index (χ2v) is 15.0. The van der Waals surface area contributed by atoms with Crippen molar-refractivity contribution in [1.29, 1.82) is 0 Å². The van der Waals surface area contributed by atoms with Crippen LogP contribution in [0.1, 0.15) is 91.5 Å². The lowest BCUT2D eigenvalue weighted by atomic mass is 9.72. The lowest BCUT2D eigenvalue weighted by Gasteiger charge is -2.43. The summed E-state index contributed by atoms with van der Waals surface area (Å²) in [6.07, 6.45) is 0. The molecule has 1 aliphatic rings. The summed E-state index contributed by atoms with van der Waals surface area (Å²) in [5, 5.41) is 0. The van der Waals surface area contributed by atoms with Gasteiger partial charge < -0.3 is 9.80 Å². The van der Waals surface area contributed by atoms with E-state index in [1.54, 1.807) is 0 Å². The van der Waals surface area contributed by atoms with E-state index in [-0.39, 0.29) is 21.8 Å². The second kappa shape index (κ2) is 9.79. The van der Waals surface area contributed by atoms with Crippen LogP contribution in [-0.4, -0.2) is 5.54 Å². The normalized spacial score (nSPS) is 16.0. The maximum atomic E-state index is 2.56. The summed E-state index contributed by atoms with van der Waals surface area (Å²) in [6, 6.07) is 34.1. The number of para-hydroxylation sites is 1. The first-order valence-corrected chi connectivity index (χ1v) is 15.0. The van der Waals surface area contributed by atoms with E-state index in [0.29, 0.717) is 0 Å². The number of rotatable bonds is 4. The van der Waals surface area contributed by atoms with Crippen molar-refractivity contribution in [2.75, 3.05) is 9.80 Å². The summed E-state index contributed by atoms with van der Waals surface area (Å²) < 4.78 is 0. The largest absolute Gasteiger partial charge is 0.335 e. The van der Waals surface area contributed by atoms with E-state index in [9.17, 15) is 0 Å². The van der Waals surface area contributed by atoms with Gasteiger partial charge in [0.05, 0.1) is 0 Å². The molecule has 0 unspecified atom stereocenters. The van der Waals surface area contributed by atoms with Crippen LogP contribution in [0.25, 0.3) is 0 Å². The molecule has 0 N–H and O–H groups in total. The molecular formula is C39H48N2. The first kappa shape index (κ1) is 29.0. The average molecular weight is 545 g/mol. The monoisotopic (exact) mass is 544 g/mol. The van der Waals surface area contributed by atoms with Crippen molar-refractivity contribution >= 4 is 28.4 Å². The molecule has 1 aliphatic heterocycles. The van der Waals surface area contributed by atoms with Gasteiger partial charge in [0.15, 0.2) is 0 Å². The molecule has 214 valence electrons. The van der Waals surface area contributed by atoms with Crippen LogP contribution < -0.4 is 9.80 Å². The van der Waals surface area contributed by atoms with E-state index in [1.165, 1.54) is 50.7 Å². The van der Waals surface area contributed by atoms with Gasteiger partial charge in [-0.25, -0.2) is 0 Å². The van der Waals surface area contributed by atoms with Gasteiger partial charge in [0, 0.05) is 39.4 Å². The molecule has 2 heteroatoms. The number of hydrogen-bond acceptors (Lipinski definition) is 2.